The topological polar surface area (TPSA) is 40.5 Å². The van der Waals surface area contributed by atoms with Gasteiger partial charge in [0.1, 0.15) is 11.4 Å². The number of fused-ring (bicyclic) bond motifs is 5. The van der Waals surface area contributed by atoms with Crippen molar-refractivity contribution >= 4 is 10.8 Å². The van der Waals surface area contributed by atoms with Crippen molar-refractivity contribution in [1.82, 2.24) is 0 Å². The van der Waals surface area contributed by atoms with E-state index in [0.717, 1.165) is 44.2 Å². The average molecular weight is 338 g/mol. The second-order valence-electron chi connectivity index (χ2n) is 7.06. The summed E-state index contributed by atoms with van der Waals surface area (Å²) in [6.07, 6.45) is 0. The summed E-state index contributed by atoms with van der Waals surface area (Å²) >= 11 is 0. The molecule has 0 saturated carbocycles. The predicted molar refractivity (Wildman–Crippen MR) is 105 cm³/mol. The van der Waals surface area contributed by atoms with Crippen LogP contribution < -0.4 is 0 Å². The fraction of sp³-hybridized carbons (Fsp3) is 0.0833. The van der Waals surface area contributed by atoms with E-state index in [0.29, 0.717) is 0 Å². The molecule has 1 unspecified atom stereocenters. The van der Waals surface area contributed by atoms with Gasteiger partial charge in [-0.3, -0.25) is 0 Å². The highest BCUT2D eigenvalue weighted by molar-refractivity contribution is 6.05. The second kappa shape index (κ2) is 5.20. The fourth-order valence-electron chi connectivity index (χ4n) is 4.15. The fourth-order valence-corrected chi connectivity index (χ4v) is 4.15. The lowest BCUT2D eigenvalue weighted by Gasteiger charge is -2.21. The second-order valence-corrected chi connectivity index (χ2v) is 7.06. The van der Waals surface area contributed by atoms with Gasteiger partial charge in [-0.05, 0) is 57.8 Å². The van der Waals surface area contributed by atoms with Crippen molar-refractivity contribution in [2.45, 2.75) is 12.5 Å². The van der Waals surface area contributed by atoms with Crippen LogP contribution in [0.5, 0.6) is 5.75 Å². The van der Waals surface area contributed by atoms with Crippen LogP contribution in [0.25, 0.3) is 33.0 Å². The number of phenolic OH excluding ortho intramolecular Hbond substituents is 1. The van der Waals surface area contributed by atoms with Crippen molar-refractivity contribution in [3.05, 3.63) is 90.0 Å². The van der Waals surface area contributed by atoms with E-state index in [1.807, 2.05) is 42.5 Å². The Bertz CT molecular complexity index is 1160. The Morgan fingerprint density at radius 1 is 0.692 bits per heavy atom. The van der Waals surface area contributed by atoms with Crippen molar-refractivity contribution < 1.29 is 10.2 Å². The molecule has 4 aromatic carbocycles. The van der Waals surface area contributed by atoms with Gasteiger partial charge in [-0.15, -0.1) is 0 Å². The molecule has 5 rings (SSSR count). The van der Waals surface area contributed by atoms with E-state index in [2.05, 4.69) is 30.3 Å². The van der Waals surface area contributed by atoms with Crippen molar-refractivity contribution in [2.24, 2.45) is 0 Å². The third kappa shape index (κ3) is 1.97. The zero-order chi connectivity index (χ0) is 17.9. The molecule has 2 N–H and O–H groups in total. The van der Waals surface area contributed by atoms with Crippen molar-refractivity contribution in [3.8, 4) is 28.0 Å². The maximum atomic E-state index is 11.3. The van der Waals surface area contributed by atoms with E-state index in [1.165, 1.54) is 0 Å². The van der Waals surface area contributed by atoms with E-state index in [4.69, 9.17) is 0 Å². The zero-order valence-electron chi connectivity index (χ0n) is 14.4. The number of rotatable bonds is 1. The van der Waals surface area contributed by atoms with E-state index in [1.54, 1.807) is 13.0 Å². The lowest BCUT2D eigenvalue weighted by molar-refractivity contribution is 0.107. The third-order valence-electron chi connectivity index (χ3n) is 5.47. The third-order valence-corrected chi connectivity index (χ3v) is 5.47. The largest absolute Gasteiger partial charge is 0.507 e. The Balaban J connectivity index is 1.83. The van der Waals surface area contributed by atoms with Gasteiger partial charge in [0.2, 0.25) is 0 Å². The smallest absolute Gasteiger partial charge is 0.123 e. The quantitative estimate of drug-likeness (QED) is 0.484. The molecule has 0 aromatic heterocycles. The monoisotopic (exact) mass is 338 g/mol. The van der Waals surface area contributed by atoms with Crippen LogP contribution in [0.4, 0.5) is 0 Å². The maximum Gasteiger partial charge on any atom is 0.123 e. The van der Waals surface area contributed by atoms with Gasteiger partial charge in [-0.25, -0.2) is 0 Å². The molecule has 0 amide bonds. The minimum absolute atomic E-state index is 0.204. The lowest BCUT2D eigenvalue weighted by Crippen LogP contribution is -2.19. The molecule has 1 atom stereocenters. The number of hydrogen-bond donors (Lipinski definition) is 2. The van der Waals surface area contributed by atoms with Crippen molar-refractivity contribution in [1.29, 1.82) is 0 Å². The van der Waals surface area contributed by atoms with Gasteiger partial charge in [0.05, 0.1) is 0 Å². The molecule has 2 heteroatoms. The summed E-state index contributed by atoms with van der Waals surface area (Å²) in [6.45, 7) is 1.81. The first-order valence-electron chi connectivity index (χ1n) is 8.75. The number of hydrogen-bond acceptors (Lipinski definition) is 2. The Hall–Kier alpha value is -3.10. The molecule has 0 fully saturated rings. The van der Waals surface area contributed by atoms with Crippen LogP contribution in [0.2, 0.25) is 0 Å². The predicted octanol–water partition coefficient (Wildman–Crippen LogP) is 5.45. The Morgan fingerprint density at radius 2 is 1.38 bits per heavy atom. The van der Waals surface area contributed by atoms with Crippen LogP contribution in [0.3, 0.4) is 0 Å². The number of aromatic hydroxyl groups is 1. The van der Waals surface area contributed by atoms with Crippen LogP contribution in [-0.4, -0.2) is 10.2 Å². The molecular weight excluding hydrogens is 320 g/mol. The zero-order valence-corrected chi connectivity index (χ0v) is 14.4. The van der Waals surface area contributed by atoms with Gasteiger partial charge in [-0.2, -0.15) is 0 Å². The van der Waals surface area contributed by atoms with E-state index in [9.17, 15) is 10.2 Å². The summed E-state index contributed by atoms with van der Waals surface area (Å²) in [5, 5.41) is 23.6. The minimum atomic E-state index is -1.14. The SMILES string of the molecule is CC1(O)c2cc(-c3ccccc3)ccc2-c2c1cc(O)c1ccccc21. The summed E-state index contributed by atoms with van der Waals surface area (Å²) in [5.41, 5.74) is 4.73. The Morgan fingerprint density at radius 3 is 2.15 bits per heavy atom. The van der Waals surface area contributed by atoms with Crippen LogP contribution in [0, 0.1) is 0 Å². The first-order valence-corrected chi connectivity index (χ1v) is 8.75. The molecule has 0 bridgehead atoms. The van der Waals surface area contributed by atoms with Gasteiger partial charge < -0.3 is 10.2 Å². The normalized spacial score (nSPS) is 17.9. The maximum absolute atomic E-state index is 11.3. The van der Waals surface area contributed by atoms with Gasteiger partial charge in [0.25, 0.3) is 0 Å². The Kier molecular flexibility index (Phi) is 3.03. The highest BCUT2D eigenvalue weighted by Gasteiger charge is 2.39. The summed E-state index contributed by atoms with van der Waals surface area (Å²) in [7, 11) is 0. The number of phenols is 1. The minimum Gasteiger partial charge on any atom is -0.507 e. The first kappa shape index (κ1) is 15.2. The lowest BCUT2D eigenvalue weighted by atomic mass is 9.91. The van der Waals surface area contributed by atoms with Crippen LogP contribution >= 0.6 is 0 Å². The molecule has 1 aliphatic rings. The summed E-state index contributed by atoms with van der Waals surface area (Å²) in [4.78, 5) is 0. The van der Waals surface area contributed by atoms with Crippen molar-refractivity contribution in [2.75, 3.05) is 0 Å². The molecule has 26 heavy (non-hydrogen) atoms. The Labute approximate surface area is 152 Å². The van der Waals surface area contributed by atoms with Gasteiger partial charge in [0.15, 0.2) is 0 Å². The molecule has 0 radical (unpaired) electrons. The molecule has 4 aromatic rings. The summed E-state index contributed by atoms with van der Waals surface area (Å²) in [5.74, 6) is 0.204. The van der Waals surface area contributed by atoms with Crippen LogP contribution in [-0.2, 0) is 5.60 Å². The molecule has 2 nitrogen and oxygen atoms in total. The number of aliphatic hydroxyl groups is 1. The highest BCUT2D eigenvalue weighted by atomic mass is 16.3. The molecule has 1 aliphatic carbocycles. The molecule has 126 valence electrons. The number of benzene rings is 4. The molecule has 0 saturated heterocycles. The highest BCUT2D eigenvalue weighted by Crippen LogP contribution is 2.52. The molecule has 0 spiro atoms. The molecular formula is C24H18O2. The van der Waals surface area contributed by atoms with Crippen LogP contribution in [0.1, 0.15) is 18.1 Å². The molecule has 0 heterocycles. The van der Waals surface area contributed by atoms with E-state index in [-0.39, 0.29) is 5.75 Å². The average Bonchev–Trinajstić information content (AvgIpc) is 2.90. The van der Waals surface area contributed by atoms with Gasteiger partial charge in [0, 0.05) is 5.39 Å². The van der Waals surface area contributed by atoms with Crippen LogP contribution in [0.15, 0.2) is 78.9 Å². The molecule has 0 aliphatic heterocycles. The standard InChI is InChI=1S/C24H18O2/c1-24(26)20-13-16(15-7-3-2-4-8-15)11-12-19(20)23-18-10-6-5-9-17(18)22(25)14-21(23)24/h2-14,25-26H,1H3. The summed E-state index contributed by atoms with van der Waals surface area (Å²) < 4.78 is 0. The van der Waals surface area contributed by atoms with Gasteiger partial charge in [-0.1, -0.05) is 66.7 Å². The van der Waals surface area contributed by atoms with E-state index < -0.39 is 5.60 Å². The first-order chi connectivity index (χ1) is 12.6. The van der Waals surface area contributed by atoms with Crippen molar-refractivity contribution in [3.63, 3.8) is 0 Å². The summed E-state index contributed by atoms with van der Waals surface area (Å²) in [6, 6.07) is 25.9. The van der Waals surface area contributed by atoms with Gasteiger partial charge >= 0.3 is 0 Å². The van der Waals surface area contributed by atoms with E-state index >= 15 is 0 Å².